The average Bonchev–Trinajstić information content (AvgIpc) is 3.21. The van der Waals surface area contributed by atoms with Crippen LogP contribution < -0.4 is 4.74 Å². The van der Waals surface area contributed by atoms with E-state index in [0.29, 0.717) is 18.4 Å². The van der Waals surface area contributed by atoms with Crippen molar-refractivity contribution >= 4 is 5.97 Å². The second kappa shape index (κ2) is 6.55. The number of carbonyl (C=O) groups is 1. The highest BCUT2D eigenvalue weighted by molar-refractivity contribution is 5.68. The molecule has 1 unspecified atom stereocenters. The van der Waals surface area contributed by atoms with E-state index in [0.717, 1.165) is 31.2 Å². The highest BCUT2D eigenvalue weighted by Crippen LogP contribution is 2.44. The number of nitrogens with zero attached hydrogens (tertiary/aromatic N) is 1. The molecule has 4 nitrogen and oxygen atoms in total. The van der Waals surface area contributed by atoms with E-state index in [2.05, 4.69) is 11.9 Å². The van der Waals surface area contributed by atoms with Crippen molar-refractivity contribution in [3.05, 3.63) is 23.9 Å². The fourth-order valence-corrected chi connectivity index (χ4v) is 2.30. The Hall–Kier alpha value is -1.58. The SMILES string of the molecule is CCCCOc1cc(C(CC(=O)O)C2CC2)ccn1. The molecule has 1 aromatic rings. The molecule has 0 amide bonds. The van der Waals surface area contributed by atoms with Gasteiger partial charge in [0.05, 0.1) is 13.0 Å². The molecule has 4 heteroatoms. The van der Waals surface area contributed by atoms with Crippen molar-refractivity contribution in [1.29, 1.82) is 0 Å². The first-order chi connectivity index (χ1) is 9.20. The molecule has 1 aliphatic rings. The van der Waals surface area contributed by atoms with Gasteiger partial charge in [-0.2, -0.15) is 0 Å². The number of aliphatic carboxylic acids is 1. The molecule has 0 spiro atoms. The largest absolute Gasteiger partial charge is 0.481 e. The molecule has 0 bridgehead atoms. The Labute approximate surface area is 113 Å². The van der Waals surface area contributed by atoms with Crippen LogP contribution in [0.5, 0.6) is 5.88 Å². The van der Waals surface area contributed by atoms with Gasteiger partial charge < -0.3 is 9.84 Å². The summed E-state index contributed by atoms with van der Waals surface area (Å²) in [5, 5.41) is 9.02. The van der Waals surface area contributed by atoms with Crippen LogP contribution >= 0.6 is 0 Å². The van der Waals surface area contributed by atoms with Crippen molar-refractivity contribution in [2.75, 3.05) is 6.61 Å². The maximum absolute atomic E-state index is 11.0. The van der Waals surface area contributed by atoms with Gasteiger partial charge in [0.25, 0.3) is 0 Å². The maximum atomic E-state index is 11.0. The van der Waals surface area contributed by atoms with Crippen LogP contribution in [0.15, 0.2) is 18.3 Å². The van der Waals surface area contributed by atoms with Crippen molar-refractivity contribution in [3.8, 4) is 5.88 Å². The van der Waals surface area contributed by atoms with E-state index in [4.69, 9.17) is 9.84 Å². The summed E-state index contributed by atoms with van der Waals surface area (Å²) in [6.45, 7) is 2.78. The van der Waals surface area contributed by atoms with Crippen LogP contribution in [-0.2, 0) is 4.79 Å². The van der Waals surface area contributed by atoms with E-state index in [1.165, 1.54) is 0 Å². The van der Waals surface area contributed by atoms with Gasteiger partial charge in [-0.25, -0.2) is 4.98 Å². The lowest BCUT2D eigenvalue weighted by molar-refractivity contribution is -0.137. The van der Waals surface area contributed by atoms with Crippen molar-refractivity contribution in [2.45, 2.75) is 44.9 Å². The molecule has 1 fully saturated rings. The molecule has 1 saturated carbocycles. The second-order valence-electron chi connectivity index (χ2n) is 5.17. The number of hydrogen-bond donors (Lipinski definition) is 1. The number of carboxylic acids is 1. The van der Waals surface area contributed by atoms with Gasteiger partial charge >= 0.3 is 5.97 Å². The van der Waals surface area contributed by atoms with Crippen molar-refractivity contribution < 1.29 is 14.6 Å². The van der Waals surface area contributed by atoms with Crippen molar-refractivity contribution in [2.24, 2.45) is 5.92 Å². The first-order valence-electron chi connectivity index (χ1n) is 7.01. The molecule has 1 N–H and O–H groups in total. The molecule has 1 heterocycles. The van der Waals surface area contributed by atoms with Crippen LogP contribution in [0.3, 0.4) is 0 Å². The normalized spacial score (nSPS) is 16.1. The van der Waals surface area contributed by atoms with Crippen LogP contribution in [-0.4, -0.2) is 22.7 Å². The highest BCUT2D eigenvalue weighted by Gasteiger charge is 2.33. The highest BCUT2D eigenvalue weighted by atomic mass is 16.5. The third-order valence-corrected chi connectivity index (χ3v) is 3.52. The summed E-state index contributed by atoms with van der Waals surface area (Å²) in [4.78, 5) is 15.1. The minimum atomic E-state index is -0.734. The van der Waals surface area contributed by atoms with Crippen LogP contribution in [0.2, 0.25) is 0 Å². The number of pyridine rings is 1. The quantitative estimate of drug-likeness (QED) is 0.731. The van der Waals surface area contributed by atoms with Crippen molar-refractivity contribution in [3.63, 3.8) is 0 Å². The number of ether oxygens (including phenoxy) is 1. The van der Waals surface area contributed by atoms with Crippen LogP contribution in [0, 0.1) is 5.92 Å². The monoisotopic (exact) mass is 263 g/mol. The number of unbranched alkanes of at least 4 members (excludes halogenated alkanes) is 1. The van der Waals surface area contributed by atoms with E-state index >= 15 is 0 Å². The molecule has 2 rings (SSSR count). The summed E-state index contributed by atoms with van der Waals surface area (Å²) in [6, 6.07) is 3.82. The minimum Gasteiger partial charge on any atom is -0.481 e. The topological polar surface area (TPSA) is 59.4 Å². The molecule has 0 radical (unpaired) electrons. The predicted molar refractivity (Wildman–Crippen MR) is 72.4 cm³/mol. The van der Waals surface area contributed by atoms with Gasteiger partial charge in [-0.3, -0.25) is 4.79 Å². The van der Waals surface area contributed by atoms with E-state index < -0.39 is 5.97 Å². The van der Waals surface area contributed by atoms with Crippen LogP contribution in [0.1, 0.15) is 50.5 Å². The minimum absolute atomic E-state index is 0.106. The molecule has 1 atom stereocenters. The number of rotatable bonds is 8. The van der Waals surface area contributed by atoms with E-state index in [1.807, 2.05) is 12.1 Å². The van der Waals surface area contributed by atoms with Crippen LogP contribution in [0.4, 0.5) is 0 Å². The first kappa shape index (κ1) is 13.8. The summed E-state index contributed by atoms with van der Waals surface area (Å²) < 4.78 is 5.58. The molecular formula is C15H21NO3. The Kier molecular flexibility index (Phi) is 4.77. The van der Waals surface area contributed by atoms with Gasteiger partial charge in [0, 0.05) is 12.3 Å². The Morgan fingerprint density at radius 2 is 2.37 bits per heavy atom. The Morgan fingerprint density at radius 3 is 3.00 bits per heavy atom. The zero-order valence-corrected chi connectivity index (χ0v) is 11.3. The summed E-state index contributed by atoms with van der Waals surface area (Å²) in [5.41, 5.74) is 1.05. The molecule has 0 aromatic carbocycles. The number of carboxylic acid groups (broad SMARTS) is 1. The molecule has 104 valence electrons. The Morgan fingerprint density at radius 1 is 1.58 bits per heavy atom. The molecular weight excluding hydrogens is 242 g/mol. The average molecular weight is 263 g/mol. The summed E-state index contributed by atoms with van der Waals surface area (Å²) in [6.07, 6.45) is 6.27. The number of aromatic nitrogens is 1. The fraction of sp³-hybridized carbons (Fsp3) is 0.600. The third kappa shape index (κ3) is 4.23. The van der Waals surface area contributed by atoms with Gasteiger partial charge in [0.15, 0.2) is 0 Å². The molecule has 0 saturated heterocycles. The van der Waals surface area contributed by atoms with E-state index in [1.54, 1.807) is 6.20 Å². The molecule has 19 heavy (non-hydrogen) atoms. The zero-order chi connectivity index (χ0) is 13.7. The summed E-state index contributed by atoms with van der Waals surface area (Å²) in [5.74, 6) is 0.500. The predicted octanol–water partition coefficient (Wildman–Crippen LogP) is 3.23. The lowest BCUT2D eigenvalue weighted by atomic mass is 9.92. The molecule has 0 aliphatic heterocycles. The smallest absolute Gasteiger partial charge is 0.303 e. The van der Waals surface area contributed by atoms with E-state index in [9.17, 15) is 4.79 Å². The first-order valence-corrected chi connectivity index (χ1v) is 7.01. The maximum Gasteiger partial charge on any atom is 0.303 e. The zero-order valence-electron chi connectivity index (χ0n) is 11.3. The van der Waals surface area contributed by atoms with Gasteiger partial charge in [-0.1, -0.05) is 13.3 Å². The summed E-state index contributed by atoms with van der Waals surface area (Å²) in [7, 11) is 0. The molecule has 1 aliphatic carbocycles. The Balaban J connectivity index is 2.04. The van der Waals surface area contributed by atoms with Crippen LogP contribution in [0.25, 0.3) is 0 Å². The van der Waals surface area contributed by atoms with Crippen molar-refractivity contribution in [1.82, 2.24) is 4.98 Å². The lowest BCUT2D eigenvalue weighted by Crippen LogP contribution is -2.09. The fourth-order valence-electron chi connectivity index (χ4n) is 2.30. The van der Waals surface area contributed by atoms with E-state index in [-0.39, 0.29) is 12.3 Å². The third-order valence-electron chi connectivity index (χ3n) is 3.52. The lowest BCUT2D eigenvalue weighted by Gasteiger charge is -2.15. The standard InChI is InChI=1S/C15H21NO3/c1-2-3-8-19-14-9-12(6-7-16-14)13(10-15(17)18)11-4-5-11/h6-7,9,11,13H,2-5,8,10H2,1H3,(H,17,18). The summed E-state index contributed by atoms with van der Waals surface area (Å²) >= 11 is 0. The van der Waals surface area contributed by atoms with Gasteiger partial charge in [0.1, 0.15) is 0 Å². The van der Waals surface area contributed by atoms with Gasteiger partial charge in [-0.15, -0.1) is 0 Å². The van der Waals surface area contributed by atoms with Gasteiger partial charge in [-0.05, 0) is 42.7 Å². The number of hydrogen-bond acceptors (Lipinski definition) is 3. The Bertz CT molecular complexity index is 429. The van der Waals surface area contributed by atoms with Gasteiger partial charge in [0.2, 0.25) is 5.88 Å². The second-order valence-corrected chi connectivity index (χ2v) is 5.17. The molecule has 1 aromatic heterocycles.